The predicted molar refractivity (Wildman–Crippen MR) is 549 cm³/mol. The lowest BCUT2D eigenvalue weighted by molar-refractivity contribution is -0.153. The van der Waals surface area contributed by atoms with Crippen molar-refractivity contribution in [1.29, 1.82) is 0 Å². The van der Waals surface area contributed by atoms with Gasteiger partial charge in [-0.15, -0.1) is 0 Å². The maximum absolute atomic E-state index is 12.7. The van der Waals surface area contributed by atoms with Crippen molar-refractivity contribution >= 4 is 131 Å². The highest BCUT2D eigenvalue weighted by molar-refractivity contribution is 7.85. The third-order valence-corrected chi connectivity index (χ3v) is 29.5. The summed E-state index contributed by atoms with van der Waals surface area (Å²) in [5.74, 6) is 7.05. The zero-order valence-electron chi connectivity index (χ0n) is 82.9. The molecule has 0 radical (unpaired) electrons. The normalized spacial score (nSPS) is 12.5. The van der Waals surface area contributed by atoms with Crippen molar-refractivity contribution in [3.8, 4) is 57.6 Å². The largest absolute Gasteiger partial charge is 0.497 e. The molecule has 0 fully saturated rings. The van der Waals surface area contributed by atoms with Crippen LogP contribution >= 0.6 is 0 Å². The van der Waals surface area contributed by atoms with Gasteiger partial charge in [-0.1, -0.05) is 24.3 Å². The molecule has 6 N–H and O–H groups in total. The van der Waals surface area contributed by atoms with Gasteiger partial charge in [0.2, 0.25) is 5.88 Å². The number of aryl methyl sites for hydroxylation is 3. The lowest BCUT2D eigenvalue weighted by Gasteiger charge is -2.13. The molecule has 5 unspecified atom stereocenters. The van der Waals surface area contributed by atoms with Crippen LogP contribution in [0.3, 0.4) is 0 Å². The van der Waals surface area contributed by atoms with E-state index in [9.17, 15) is 47.2 Å². The summed E-state index contributed by atoms with van der Waals surface area (Å²) in [6, 6.07) is 38.6. The molecule has 13 heterocycles. The van der Waals surface area contributed by atoms with Crippen LogP contribution < -0.4 is 47.4 Å². The number of para-hydroxylation sites is 4. The topological polar surface area (TPSA) is 466 Å². The van der Waals surface area contributed by atoms with Gasteiger partial charge in [0.1, 0.15) is 51.7 Å². The van der Waals surface area contributed by atoms with Gasteiger partial charge in [-0.3, -0.25) is 55.2 Å². The lowest BCUT2D eigenvalue weighted by Crippen LogP contribution is -2.19. The van der Waals surface area contributed by atoms with Crippen LogP contribution in [0.5, 0.6) is 57.6 Å². The monoisotopic (exact) mass is 2130 g/mol. The molecule has 36 nitrogen and oxygen atoms in total. The van der Waals surface area contributed by atoms with Crippen LogP contribution in [0.15, 0.2) is 202 Å². The summed E-state index contributed by atoms with van der Waals surface area (Å²) in [6.45, 7) is 13.9. The summed E-state index contributed by atoms with van der Waals surface area (Å²) in [4.78, 5) is 74.3. The van der Waals surface area contributed by atoms with Crippen molar-refractivity contribution in [3.05, 3.63) is 255 Å². The molecule has 0 amide bonds. The molecule has 5 aromatic carbocycles. The fraction of sp³-hybridized carbons (Fsp3) is 0.290. The summed E-state index contributed by atoms with van der Waals surface area (Å²) in [6.07, 6.45) is 6.21. The first kappa shape index (κ1) is 110. The van der Waals surface area contributed by atoms with E-state index in [4.69, 9.17) is 47.4 Å². The van der Waals surface area contributed by atoms with Gasteiger partial charge in [0, 0.05) is 132 Å². The zero-order valence-corrected chi connectivity index (χ0v) is 87.8. The molecule has 47 heteroatoms. The average molecular weight is 2130 g/mol. The highest BCUT2D eigenvalue weighted by Gasteiger charge is 2.30. The molecule has 18 rings (SSSR count). The van der Waals surface area contributed by atoms with E-state index < -0.39 is 84.2 Å². The highest BCUT2D eigenvalue weighted by atomic mass is 32.2. The smallest absolute Gasteiger partial charge is 0.422 e. The van der Waals surface area contributed by atoms with Gasteiger partial charge < -0.3 is 82.0 Å². The van der Waals surface area contributed by atoms with Gasteiger partial charge in [-0.25, -0.2) is 29.9 Å². The molecular weight excluding hydrogens is 2030 g/mol. The standard InChI is InChI=1S/C18H21N3O3S.2C17H19N3O3S.C16H14F3N3O2S.C16H15F2N3O3S.C16H18N4O3S/c1-13-16(19-9-8-17(13)24-11-5-10-23-2)12-25(22)18-20-14-6-3-4-7-15(14)21-18;2*1-10-8-18-15(11(2)16(10)23-4)9-24(21)17-19-13-6-5-12(22-3)7-14(13)20-17;1-10-13(20-7-6-14(10)24-9-16(17,18)19)8-25(23)15-21-11-4-2-3-5-12(11)22-15;1-9-13(19-6-5-14(9)23-2)8-25(22)16-20-11-4-3-10(24-15(17)18)7-12(11)21-16;1-9-7-17-12(10(2)14(9)23-4)8-24(21)16-18-11-5-6-13(22-3)19-15(11)20-16/h3-4,6-9H,5,10-12H2,1-2H3,(H,20,21);2*5-8H,9H2,1-4H3,(H,19,20);2-7H,8-9H2,1H3,(H,21,22);3-7,15H,8H2,1-2H3,(H,20,21);5-7H,8H2,1-4H3,(H,18,19,20)/t;24-;;;;/m.1..../s1. The van der Waals surface area contributed by atoms with Crippen molar-refractivity contribution in [3.63, 3.8) is 0 Å². The summed E-state index contributed by atoms with van der Waals surface area (Å²) >= 11 is 0. The molecule has 0 aliphatic carbocycles. The average Bonchev–Trinajstić information content (AvgIpc) is 1.66. The quantitative estimate of drug-likeness (QED) is 0.0161. The first-order valence-corrected chi connectivity index (χ1v) is 52.8. The van der Waals surface area contributed by atoms with E-state index >= 15 is 0 Å². The predicted octanol–water partition coefficient (Wildman–Crippen LogP) is 17.8. The Hall–Kier alpha value is -14.5. The molecule has 18 aromatic rings. The van der Waals surface area contributed by atoms with E-state index in [-0.39, 0.29) is 45.4 Å². The van der Waals surface area contributed by atoms with Crippen molar-refractivity contribution in [2.24, 2.45) is 0 Å². The third-order valence-electron chi connectivity index (χ3n) is 22.5. The first-order chi connectivity index (χ1) is 70.6. The number of imidazole rings is 6. The molecule has 0 aliphatic rings. The molecular formula is C100H106F5N19O17S6. The summed E-state index contributed by atoms with van der Waals surface area (Å²) in [5.41, 5.74) is 20.1. The maximum Gasteiger partial charge on any atom is 0.422 e. The van der Waals surface area contributed by atoms with Crippen LogP contribution in [-0.2, 0) is 104 Å². The Kier molecular flexibility index (Phi) is 38.1. The van der Waals surface area contributed by atoms with Gasteiger partial charge in [0.15, 0.2) is 43.2 Å². The number of aromatic amines is 6. The number of halogens is 5. The van der Waals surface area contributed by atoms with Crippen LogP contribution in [0.2, 0.25) is 0 Å². The van der Waals surface area contributed by atoms with E-state index in [1.807, 2.05) is 140 Å². The number of aromatic nitrogens is 19. The van der Waals surface area contributed by atoms with Crippen molar-refractivity contribution in [2.75, 3.05) is 76.7 Å². The Bertz CT molecular complexity index is 7410. The number of hydrogen-bond donors (Lipinski definition) is 6. The number of alkyl halides is 5. The Morgan fingerprint density at radius 3 is 1.01 bits per heavy atom. The number of nitrogens with one attached hydrogen (secondary N) is 6. The number of H-pyrrole nitrogens is 6. The number of ether oxygens (including phenoxy) is 11. The SMILES string of the molecule is COCCCOc1ccnc(CS(=O)c2nc3ccccc3[nH]2)c1C.COc1ccc2[nH]c(S(=O)Cc3ncc(C)c(OC)c3C)nc2n1.COc1ccc2nc(S(=O)Cc3ncc(C)c(OC)c3C)[nH]c2c1.COc1ccc2nc([S@](=O)Cc3ncc(C)c(OC)c3C)[nH]c2c1.COc1ccnc(CS(=O)c2nc3ccc(OC(F)F)cc3[nH]2)c1C.Cc1c(OCC(F)(F)F)ccnc1CS(=O)c1nc2ccccc2[nH]1. The second-order valence-corrected chi connectivity index (χ2v) is 40.6. The van der Waals surface area contributed by atoms with Crippen LogP contribution in [0.25, 0.3) is 66.3 Å². The molecule has 0 saturated heterocycles. The zero-order chi connectivity index (χ0) is 105. The van der Waals surface area contributed by atoms with Crippen molar-refractivity contribution in [1.82, 2.24) is 94.7 Å². The minimum atomic E-state index is -4.42. The number of nitrogens with zero attached hydrogens (tertiary/aromatic N) is 13. The minimum Gasteiger partial charge on any atom is -0.497 e. The molecule has 6 atom stereocenters. The van der Waals surface area contributed by atoms with Crippen LogP contribution in [0.4, 0.5) is 22.0 Å². The lowest BCUT2D eigenvalue weighted by atomic mass is 10.1. The van der Waals surface area contributed by atoms with Crippen LogP contribution in [0, 0.1) is 62.3 Å². The Morgan fingerprint density at radius 1 is 0.320 bits per heavy atom. The molecule has 0 aliphatic heterocycles. The van der Waals surface area contributed by atoms with E-state index in [2.05, 4.69) is 99.4 Å². The summed E-state index contributed by atoms with van der Waals surface area (Å²) in [5, 5.41) is 2.23. The molecule has 0 spiro atoms. The van der Waals surface area contributed by atoms with E-state index in [1.165, 1.54) is 30.5 Å². The summed E-state index contributed by atoms with van der Waals surface area (Å²) < 4.78 is 194. The number of pyridine rings is 7. The molecule has 774 valence electrons. The van der Waals surface area contributed by atoms with E-state index in [0.717, 1.165) is 147 Å². The number of rotatable bonds is 34. The molecule has 13 aromatic heterocycles. The van der Waals surface area contributed by atoms with Gasteiger partial charge in [0.05, 0.1) is 251 Å². The fourth-order valence-corrected chi connectivity index (χ4v) is 21.4. The van der Waals surface area contributed by atoms with E-state index in [1.54, 1.807) is 119 Å². The van der Waals surface area contributed by atoms with Crippen LogP contribution in [0.1, 0.15) is 90.7 Å². The summed E-state index contributed by atoms with van der Waals surface area (Å²) in [7, 11) is 4.54. The van der Waals surface area contributed by atoms with Crippen LogP contribution in [-0.4, -0.2) is 209 Å². The molecule has 0 saturated carbocycles. The van der Waals surface area contributed by atoms with Crippen molar-refractivity contribution in [2.45, 2.75) is 147 Å². The minimum absolute atomic E-state index is 0.00814. The van der Waals surface area contributed by atoms with Gasteiger partial charge in [0.25, 0.3) is 0 Å². The second kappa shape index (κ2) is 51.0. The number of hydrogen-bond acceptors (Lipinski definition) is 30. The van der Waals surface area contributed by atoms with Crippen molar-refractivity contribution < 1.29 is 99.3 Å². The molecule has 147 heavy (non-hydrogen) atoms. The maximum atomic E-state index is 12.7. The van der Waals surface area contributed by atoms with Gasteiger partial charge >= 0.3 is 12.8 Å². The highest BCUT2D eigenvalue weighted by Crippen LogP contribution is 2.35. The second-order valence-electron chi connectivity index (χ2n) is 32.4. The van der Waals surface area contributed by atoms with E-state index in [0.29, 0.717) is 101 Å². The number of fused-ring (bicyclic) bond motifs is 6. The number of benzene rings is 5. The Balaban J connectivity index is 0.000000147. The molecule has 0 bridgehead atoms. The first-order valence-electron chi connectivity index (χ1n) is 44.9. The van der Waals surface area contributed by atoms with Gasteiger partial charge in [-0.05, 0) is 147 Å². The Morgan fingerprint density at radius 2 is 0.653 bits per heavy atom. The third kappa shape index (κ3) is 28.4. The number of methoxy groups -OCH3 is 8. The fourth-order valence-electron chi connectivity index (χ4n) is 14.8. The Labute approximate surface area is 855 Å². The van der Waals surface area contributed by atoms with Gasteiger partial charge in [-0.2, -0.15) is 26.9 Å².